The molecule has 0 saturated heterocycles. The average Bonchev–Trinajstić information content (AvgIpc) is 2.53. The fourth-order valence-corrected chi connectivity index (χ4v) is 2.07. The number of nitrogens with one attached hydrogen (secondary N) is 1. The molecule has 23 heavy (non-hydrogen) atoms. The number of carbonyl (C=O) groups is 2. The highest BCUT2D eigenvalue weighted by Crippen LogP contribution is 2.19. The lowest BCUT2D eigenvalue weighted by Crippen LogP contribution is -2.30. The van der Waals surface area contributed by atoms with Gasteiger partial charge in [-0.25, -0.2) is 4.79 Å². The minimum atomic E-state index is -0.722. The van der Waals surface area contributed by atoms with Crippen molar-refractivity contribution in [1.82, 2.24) is 5.32 Å². The van der Waals surface area contributed by atoms with Gasteiger partial charge in [-0.1, -0.05) is 36.4 Å². The van der Waals surface area contributed by atoms with Crippen LogP contribution in [-0.2, 0) is 16.0 Å². The summed E-state index contributed by atoms with van der Waals surface area (Å²) in [6.07, 6.45) is 0.708. The Morgan fingerprint density at radius 2 is 1.87 bits per heavy atom. The summed E-state index contributed by atoms with van der Waals surface area (Å²) in [4.78, 5) is 23.5. The normalized spacial score (nSPS) is 10.1. The van der Waals surface area contributed by atoms with Crippen LogP contribution < -0.4 is 5.32 Å². The maximum atomic E-state index is 11.8. The monoisotopic (exact) mass is 313 g/mol. The van der Waals surface area contributed by atoms with Crippen LogP contribution in [0.5, 0.6) is 5.75 Å². The van der Waals surface area contributed by atoms with E-state index in [-0.39, 0.29) is 23.8 Å². The third kappa shape index (κ3) is 5.14. The van der Waals surface area contributed by atoms with E-state index < -0.39 is 5.97 Å². The number of ether oxygens (including phenoxy) is 1. The topological polar surface area (TPSA) is 75.6 Å². The molecule has 0 saturated carbocycles. The second-order valence-electron chi connectivity index (χ2n) is 5.18. The predicted molar refractivity (Wildman–Crippen MR) is 86.3 cm³/mol. The first-order chi connectivity index (χ1) is 11.1. The van der Waals surface area contributed by atoms with Gasteiger partial charge in [-0.3, -0.25) is 4.79 Å². The van der Waals surface area contributed by atoms with E-state index in [0.29, 0.717) is 13.0 Å². The Morgan fingerprint density at radius 1 is 1.13 bits per heavy atom. The molecule has 120 valence electrons. The molecule has 0 heterocycles. The van der Waals surface area contributed by atoms with E-state index in [1.165, 1.54) is 12.1 Å². The van der Waals surface area contributed by atoms with Gasteiger partial charge in [-0.05, 0) is 36.6 Å². The van der Waals surface area contributed by atoms with Crippen molar-refractivity contribution in [3.63, 3.8) is 0 Å². The SMILES string of the molecule is Cc1ccc(C(=O)OCC(=O)NCCc2ccccc2)c(O)c1. The molecule has 0 unspecified atom stereocenters. The van der Waals surface area contributed by atoms with Crippen LogP contribution in [0.3, 0.4) is 0 Å². The third-order valence-electron chi connectivity index (χ3n) is 3.29. The minimum absolute atomic E-state index is 0.0488. The lowest BCUT2D eigenvalue weighted by atomic mass is 10.1. The zero-order valence-electron chi connectivity index (χ0n) is 12.9. The number of esters is 1. The van der Waals surface area contributed by atoms with Gasteiger partial charge >= 0.3 is 5.97 Å². The van der Waals surface area contributed by atoms with Crippen LogP contribution in [0.1, 0.15) is 21.5 Å². The number of aromatic hydroxyl groups is 1. The van der Waals surface area contributed by atoms with E-state index in [1.54, 1.807) is 13.0 Å². The summed E-state index contributed by atoms with van der Waals surface area (Å²) in [5.41, 5.74) is 2.00. The van der Waals surface area contributed by atoms with E-state index >= 15 is 0 Å². The van der Waals surface area contributed by atoms with E-state index in [1.807, 2.05) is 30.3 Å². The number of carbonyl (C=O) groups excluding carboxylic acids is 2. The maximum absolute atomic E-state index is 11.8. The highest BCUT2D eigenvalue weighted by Gasteiger charge is 2.14. The molecule has 0 aliphatic heterocycles. The molecule has 0 spiro atoms. The van der Waals surface area contributed by atoms with Gasteiger partial charge in [0.25, 0.3) is 5.91 Å². The van der Waals surface area contributed by atoms with E-state index in [9.17, 15) is 14.7 Å². The van der Waals surface area contributed by atoms with Crippen molar-refractivity contribution in [2.75, 3.05) is 13.2 Å². The molecule has 2 N–H and O–H groups in total. The maximum Gasteiger partial charge on any atom is 0.342 e. The Labute approximate surface area is 134 Å². The van der Waals surface area contributed by atoms with Crippen LogP contribution in [0.4, 0.5) is 0 Å². The van der Waals surface area contributed by atoms with Crippen molar-refractivity contribution in [3.05, 3.63) is 65.2 Å². The fourth-order valence-electron chi connectivity index (χ4n) is 2.07. The van der Waals surface area contributed by atoms with Crippen LogP contribution in [0, 0.1) is 6.92 Å². The zero-order valence-corrected chi connectivity index (χ0v) is 12.9. The summed E-state index contributed by atoms with van der Waals surface area (Å²) in [6, 6.07) is 14.4. The summed E-state index contributed by atoms with van der Waals surface area (Å²) in [7, 11) is 0. The average molecular weight is 313 g/mol. The first-order valence-electron chi connectivity index (χ1n) is 7.33. The van der Waals surface area contributed by atoms with E-state index in [0.717, 1.165) is 11.1 Å². The Hall–Kier alpha value is -2.82. The summed E-state index contributed by atoms with van der Waals surface area (Å²) in [5.74, 6) is -1.25. The van der Waals surface area contributed by atoms with Gasteiger partial charge in [-0.2, -0.15) is 0 Å². The smallest absolute Gasteiger partial charge is 0.342 e. The standard InChI is InChI=1S/C18H19NO4/c1-13-7-8-15(16(20)11-13)18(22)23-12-17(21)19-10-9-14-5-3-2-4-6-14/h2-8,11,20H,9-10,12H2,1H3,(H,19,21). The number of hydrogen-bond donors (Lipinski definition) is 2. The van der Waals surface area contributed by atoms with Gasteiger partial charge in [0.2, 0.25) is 0 Å². The molecule has 5 heteroatoms. The number of phenols is 1. The lowest BCUT2D eigenvalue weighted by molar-refractivity contribution is -0.124. The number of rotatable bonds is 6. The summed E-state index contributed by atoms with van der Waals surface area (Å²) in [6.45, 7) is 1.89. The number of hydrogen-bond acceptors (Lipinski definition) is 4. The summed E-state index contributed by atoms with van der Waals surface area (Å²) < 4.78 is 4.90. The summed E-state index contributed by atoms with van der Waals surface area (Å²) in [5, 5.41) is 12.4. The molecular formula is C18H19NO4. The predicted octanol–water partition coefficient (Wildman–Crippen LogP) is 2.22. The minimum Gasteiger partial charge on any atom is -0.507 e. The molecule has 0 fully saturated rings. The third-order valence-corrected chi connectivity index (χ3v) is 3.29. The highest BCUT2D eigenvalue weighted by molar-refractivity contribution is 5.93. The second kappa shape index (κ2) is 7.98. The Morgan fingerprint density at radius 3 is 2.57 bits per heavy atom. The Bertz CT molecular complexity index is 683. The van der Waals surface area contributed by atoms with Crippen molar-refractivity contribution in [1.29, 1.82) is 0 Å². The highest BCUT2D eigenvalue weighted by atomic mass is 16.5. The zero-order chi connectivity index (χ0) is 16.7. The molecular weight excluding hydrogens is 294 g/mol. The first-order valence-corrected chi connectivity index (χ1v) is 7.33. The number of phenolic OH excluding ortho intramolecular Hbond substituents is 1. The molecule has 0 aromatic heterocycles. The van der Waals surface area contributed by atoms with Crippen molar-refractivity contribution < 1.29 is 19.4 Å². The Kier molecular flexibility index (Phi) is 5.74. The molecule has 2 rings (SSSR count). The van der Waals surface area contributed by atoms with E-state index in [4.69, 9.17) is 4.74 Å². The van der Waals surface area contributed by atoms with Gasteiger partial charge in [0.15, 0.2) is 6.61 Å². The molecule has 0 aliphatic rings. The number of amides is 1. The van der Waals surface area contributed by atoms with Crippen molar-refractivity contribution in [2.24, 2.45) is 0 Å². The van der Waals surface area contributed by atoms with Gasteiger partial charge in [0.1, 0.15) is 11.3 Å². The molecule has 2 aromatic rings. The van der Waals surface area contributed by atoms with Crippen LogP contribution in [-0.4, -0.2) is 30.1 Å². The van der Waals surface area contributed by atoms with Crippen LogP contribution in [0.25, 0.3) is 0 Å². The number of aryl methyl sites for hydroxylation is 1. The van der Waals surface area contributed by atoms with Crippen molar-refractivity contribution >= 4 is 11.9 Å². The molecule has 0 aliphatic carbocycles. The molecule has 0 bridgehead atoms. The quantitative estimate of drug-likeness (QED) is 0.802. The van der Waals surface area contributed by atoms with Crippen molar-refractivity contribution in [2.45, 2.75) is 13.3 Å². The van der Waals surface area contributed by atoms with Crippen LogP contribution >= 0.6 is 0 Å². The fraction of sp³-hybridized carbons (Fsp3) is 0.222. The largest absolute Gasteiger partial charge is 0.507 e. The van der Waals surface area contributed by atoms with Gasteiger partial charge in [0.05, 0.1) is 0 Å². The van der Waals surface area contributed by atoms with Crippen LogP contribution in [0.15, 0.2) is 48.5 Å². The van der Waals surface area contributed by atoms with Crippen LogP contribution in [0.2, 0.25) is 0 Å². The first kappa shape index (κ1) is 16.5. The molecule has 1 amide bonds. The Balaban J connectivity index is 1.74. The lowest BCUT2D eigenvalue weighted by Gasteiger charge is -2.08. The second-order valence-corrected chi connectivity index (χ2v) is 5.18. The molecule has 2 aromatic carbocycles. The molecule has 5 nitrogen and oxygen atoms in total. The van der Waals surface area contributed by atoms with E-state index in [2.05, 4.69) is 5.32 Å². The van der Waals surface area contributed by atoms with Gasteiger partial charge < -0.3 is 15.2 Å². The van der Waals surface area contributed by atoms with Gasteiger partial charge in [0, 0.05) is 6.54 Å². The van der Waals surface area contributed by atoms with Crippen molar-refractivity contribution in [3.8, 4) is 5.75 Å². The molecule has 0 atom stereocenters. The summed E-state index contributed by atoms with van der Waals surface area (Å²) >= 11 is 0. The molecule has 0 radical (unpaired) electrons. The number of benzene rings is 2. The van der Waals surface area contributed by atoms with Gasteiger partial charge in [-0.15, -0.1) is 0 Å².